The van der Waals surface area contributed by atoms with E-state index >= 15 is 0 Å². The van der Waals surface area contributed by atoms with E-state index in [0.29, 0.717) is 24.4 Å². The molecule has 0 bridgehead atoms. The van der Waals surface area contributed by atoms with Gasteiger partial charge >= 0.3 is 7.55 Å². The molecule has 1 aromatic rings. The zero-order valence-electron chi connectivity index (χ0n) is 11.0. The molecule has 5 heteroatoms. The number of fused-ring (bicyclic) bond motifs is 2. The smallest absolute Gasteiger partial charge is 0.361 e. The Hall–Kier alpha value is -1.52. The predicted molar refractivity (Wildman–Crippen MR) is 69.5 cm³/mol. The van der Waals surface area contributed by atoms with Crippen molar-refractivity contribution in [2.24, 2.45) is 0 Å². The Kier molecular flexibility index (Phi) is 2.25. The van der Waals surface area contributed by atoms with Crippen LogP contribution in [-0.4, -0.2) is 22.9 Å². The van der Waals surface area contributed by atoms with Crippen molar-refractivity contribution in [1.29, 1.82) is 0 Å². The minimum atomic E-state index is -0.255. The van der Waals surface area contributed by atoms with Gasteiger partial charge in [-0.15, -0.1) is 0 Å². The molecule has 1 unspecified atom stereocenters. The third-order valence-corrected chi connectivity index (χ3v) is 4.18. The molecule has 0 N–H and O–H groups in total. The quantitative estimate of drug-likeness (QED) is 0.641. The zero-order valence-corrected chi connectivity index (χ0v) is 11.0. The molecule has 2 aliphatic heterocycles. The van der Waals surface area contributed by atoms with Gasteiger partial charge in [0, 0.05) is 28.2 Å². The second kappa shape index (κ2) is 3.50. The summed E-state index contributed by atoms with van der Waals surface area (Å²) in [5, 5.41) is 0. The average Bonchev–Trinajstić information content (AvgIpc) is 2.71. The number of aromatic nitrogens is 1. The molecule has 0 spiro atoms. The molecule has 0 aliphatic carbocycles. The molecule has 0 radical (unpaired) electrons. The van der Waals surface area contributed by atoms with Crippen LogP contribution in [0.1, 0.15) is 30.8 Å². The summed E-state index contributed by atoms with van der Waals surface area (Å²) in [5.74, 6) is -0.236. The van der Waals surface area contributed by atoms with Gasteiger partial charge < -0.3 is 9.29 Å². The van der Waals surface area contributed by atoms with E-state index in [0.717, 1.165) is 11.4 Å². The van der Waals surface area contributed by atoms with Crippen molar-refractivity contribution in [3.63, 3.8) is 0 Å². The van der Waals surface area contributed by atoms with Crippen molar-refractivity contribution in [3.05, 3.63) is 39.9 Å². The summed E-state index contributed by atoms with van der Waals surface area (Å²) in [6.45, 7) is 7.16. The van der Waals surface area contributed by atoms with Gasteiger partial charge in [-0.1, -0.05) is 0 Å². The van der Waals surface area contributed by atoms with Gasteiger partial charge in [0.05, 0.1) is 6.04 Å². The Morgan fingerprint density at radius 3 is 2.56 bits per heavy atom. The van der Waals surface area contributed by atoms with Crippen molar-refractivity contribution >= 4 is 13.6 Å². The summed E-state index contributed by atoms with van der Waals surface area (Å²) in [6, 6.07) is -0.255. The van der Waals surface area contributed by atoms with Gasteiger partial charge in [0.25, 0.3) is 0 Å². The lowest BCUT2D eigenvalue weighted by molar-refractivity contribution is 0.432. The molecule has 0 saturated heterocycles. The molecule has 0 aromatic carbocycles. The summed E-state index contributed by atoms with van der Waals surface area (Å²) in [7, 11) is 0.518. The summed E-state index contributed by atoms with van der Waals surface area (Å²) in [4.78, 5) is 1.98. The maximum absolute atomic E-state index is 13.9. The summed E-state index contributed by atoms with van der Waals surface area (Å²) < 4.78 is 29.8. The van der Waals surface area contributed by atoms with Crippen LogP contribution >= 0.6 is 0 Å². The highest BCUT2D eigenvalue weighted by Crippen LogP contribution is 2.38. The van der Waals surface area contributed by atoms with E-state index in [1.54, 1.807) is 20.8 Å². The lowest BCUT2D eigenvalue weighted by Gasteiger charge is -2.30. The second-order valence-electron chi connectivity index (χ2n) is 5.13. The maximum atomic E-state index is 13.9. The van der Waals surface area contributed by atoms with E-state index in [1.807, 2.05) is 22.3 Å². The predicted octanol–water partition coefficient (Wildman–Crippen LogP) is 2.66. The topological polar surface area (TPSA) is 8.17 Å². The van der Waals surface area contributed by atoms with Crippen LogP contribution in [0.15, 0.2) is 17.1 Å². The third kappa shape index (κ3) is 1.22. The van der Waals surface area contributed by atoms with Crippen molar-refractivity contribution in [2.45, 2.75) is 33.7 Å². The molecule has 1 atom stereocenters. The van der Waals surface area contributed by atoms with Crippen molar-refractivity contribution in [3.8, 4) is 0 Å². The van der Waals surface area contributed by atoms with Crippen LogP contribution in [0.4, 0.5) is 8.78 Å². The highest BCUT2D eigenvalue weighted by Gasteiger charge is 2.36. The van der Waals surface area contributed by atoms with Gasteiger partial charge in [-0.05, 0) is 33.8 Å². The monoisotopic (exact) mass is 248 g/mol. The van der Waals surface area contributed by atoms with Crippen molar-refractivity contribution < 1.29 is 8.78 Å². The first-order valence-electron chi connectivity index (χ1n) is 6.13. The van der Waals surface area contributed by atoms with E-state index < -0.39 is 0 Å². The largest absolute Gasteiger partial charge is 0.390 e. The van der Waals surface area contributed by atoms with Crippen LogP contribution in [0.2, 0.25) is 0 Å². The van der Waals surface area contributed by atoms with Crippen LogP contribution in [0, 0.1) is 19.7 Å². The molecular weight excluding hydrogens is 233 g/mol. The Labute approximate surface area is 106 Å². The van der Waals surface area contributed by atoms with Crippen LogP contribution in [0.3, 0.4) is 0 Å². The van der Waals surface area contributed by atoms with Gasteiger partial charge in [0.15, 0.2) is 0 Å². The standard InChI is InChI=1S/C13H15BF2N2/c1-6-10-5-11-7(2)13(16)9(4)18(11)14-17(10)8(3)12(6)15/h5,8,14H,1-4H3. The van der Waals surface area contributed by atoms with Crippen LogP contribution in [0.25, 0.3) is 6.08 Å². The Bertz CT molecular complexity index is 613. The molecule has 3 heterocycles. The second-order valence-corrected chi connectivity index (χ2v) is 5.13. The molecular formula is C13H15BF2N2. The average molecular weight is 248 g/mol. The SMILES string of the molecule is CC1=C(F)C(C)N2Bn3c(C)c(F)c(C)c3C=C12. The van der Waals surface area contributed by atoms with E-state index in [4.69, 9.17) is 0 Å². The number of halogens is 2. The van der Waals surface area contributed by atoms with Crippen LogP contribution in [-0.2, 0) is 0 Å². The molecule has 0 fully saturated rings. The number of hydrogen-bond acceptors (Lipinski definition) is 1. The Morgan fingerprint density at radius 2 is 1.89 bits per heavy atom. The fraction of sp³-hybridized carbons (Fsp3) is 0.385. The molecule has 2 aliphatic rings. The molecule has 0 amide bonds. The van der Waals surface area contributed by atoms with E-state index in [-0.39, 0.29) is 17.7 Å². The highest BCUT2D eigenvalue weighted by atomic mass is 19.1. The molecule has 94 valence electrons. The normalized spacial score (nSPS) is 21.8. The zero-order chi connectivity index (χ0) is 13.2. The van der Waals surface area contributed by atoms with Gasteiger partial charge in [-0.3, -0.25) is 0 Å². The van der Waals surface area contributed by atoms with E-state index in [2.05, 4.69) is 0 Å². The van der Waals surface area contributed by atoms with Crippen LogP contribution < -0.4 is 0 Å². The molecule has 2 nitrogen and oxygen atoms in total. The number of hydrogen-bond donors (Lipinski definition) is 0. The molecule has 0 saturated carbocycles. The number of allylic oxidation sites excluding steroid dienone is 1. The summed E-state index contributed by atoms with van der Waals surface area (Å²) >= 11 is 0. The fourth-order valence-electron chi connectivity index (χ4n) is 2.92. The maximum Gasteiger partial charge on any atom is 0.361 e. The van der Waals surface area contributed by atoms with Crippen molar-refractivity contribution in [1.82, 2.24) is 9.29 Å². The van der Waals surface area contributed by atoms with Gasteiger partial charge in [-0.25, -0.2) is 8.78 Å². The number of rotatable bonds is 0. The number of nitrogens with zero attached hydrogens (tertiary/aromatic N) is 2. The van der Waals surface area contributed by atoms with E-state index in [9.17, 15) is 8.78 Å². The first-order valence-corrected chi connectivity index (χ1v) is 6.13. The highest BCUT2D eigenvalue weighted by molar-refractivity contribution is 6.33. The summed E-state index contributed by atoms with van der Waals surface area (Å²) in [6.07, 6.45) is 1.90. The van der Waals surface area contributed by atoms with Gasteiger partial charge in [-0.2, -0.15) is 0 Å². The van der Waals surface area contributed by atoms with Gasteiger partial charge in [0.1, 0.15) is 11.6 Å². The van der Waals surface area contributed by atoms with E-state index in [1.165, 1.54) is 0 Å². The molecule has 1 aromatic heterocycles. The van der Waals surface area contributed by atoms with Gasteiger partial charge in [0.2, 0.25) is 0 Å². The Balaban J connectivity index is 2.21. The third-order valence-electron chi connectivity index (χ3n) is 4.18. The Morgan fingerprint density at radius 1 is 1.22 bits per heavy atom. The lowest BCUT2D eigenvalue weighted by Crippen LogP contribution is -2.39. The molecule has 3 rings (SSSR count). The minimum Gasteiger partial charge on any atom is -0.390 e. The minimum absolute atomic E-state index is 0.0808. The first-order chi connectivity index (χ1) is 8.43. The fourth-order valence-corrected chi connectivity index (χ4v) is 2.92. The molecule has 18 heavy (non-hydrogen) atoms. The van der Waals surface area contributed by atoms with Crippen molar-refractivity contribution in [2.75, 3.05) is 0 Å². The lowest BCUT2D eigenvalue weighted by atomic mass is 9.98. The summed E-state index contributed by atoms with van der Waals surface area (Å²) in [5.41, 5.74) is 3.68. The van der Waals surface area contributed by atoms with Crippen LogP contribution in [0.5, 0.6) is 0 Å². The first kappa shape index (κ1) is 11.6.